The number of aromatic amines is 1. The van der Waals surface area contributed by atoms with Gasteiger partial charge in [0, 0.05) is 12.6 Å². The molecule has 168 valence electrons. The first kappa shape index (κ1) is 25.7. The Kier molecular flexibility index (Phi) is 16.5. The van der Waals surface area contributed by atoms with Gasteiger partial charge in [0.2, 0.25) is 0 Å². The number of nitrogens with one attached hydrogen (secondary N) is 1. The van der Waals surface area contributed by atoms with Crippen LogP contribution in [0.2, 0.25) is 0 Å². The van der Waals surface area contributed by atoms with Gasteiger partial charge < -0.3 is 15.5 Å². The van der Waals surface area contributed by atoms with Crippen molar-refractivity contribution in [3.05, 3.63) is 18.2 Å². The Labute approximate surface area is 178 Å². The standard InChI is InChI=1S/C24H45N3O2/c1-2-3-4-5-6-7-8-9-10-11-12-13-14-15-16-17-18-29-24(28)23(25)19-22-20-26-21-27-22/h20-21,23H,2-19,25H2,1H3,(H,26,27). The topological polar surface area (TPSA) is 81.0 Å². The molecule has 1 atom stereocenters. The number of imidazole rings is 1. The van der Waals surface area contributed by atoms with E-state index in [9.17, 15) is 4.79 Å². The highest BCUT2D eigenvalue weighted by molar-refractivity contribution is 5.75. The first-order valence-electron chi connectivity index (χ1n) is 12.1. The van der Waals surface area contributed by atoms with Crippen LogP contribution in [-0.4, -0.2) is 28.6 Å². The van der Waals surface area contributed by atoms with Crippen molar-refractivity contribution in [2.45, 2.75) is 122 Å². The maximum atomic E-state index is 11.8. The van der Waals surface area contributed by atoms with E-state index in [2.05, 4.69) is 16.9 Å². The second-order valence-corrected chi connectivity index (χ2v) is 8.34. The van der Waals surface area contributed by atoms with Gasteiger partial charge in [0.05, 0.1) is 18.6 Å². The molecule has 0 amide bonds. The second kappa shape index (κ2) is 18.7. The summed E-state index contributed by atoms with van der Waals surface area (Å²) < 4.78 is 5.27. The number of hydrogen-bond donors (Lipinski definition) is 2. The smallest absolute Gasteiger partial charge is 0.323 e. The van der Waals surface area contributed by atoms with Gasteiger partial charge in [-0.25, -0.2) is 4.98 Å². The molecule has 5 nitrogen and oxygen atoms in total. The lowest BCUT2D eigenvalue weighted by atomic mass is 10.0. The summed E-state index contributed by atoms with van der Waals surface area (Å²) in [5.74, 6) is -0.325. The molecule has 0 saturated heterocycles. The average Bonchev–Trinajstić information content (AvgIpc) is 3.23. The summed E-state index contributed by atoms with van der Waals surface area (Å²) in [5.41, 5.74) is 6.64. The van der Waals surface area contributed by atoms with Crippen LogP contribution in [0, 0.1) is 0 Å². The van der Waals surface area contributed by atoms with Crippen molar-refractivity contribution in [3.63, 3.8) is 0 Å². The summed E-state index contributed by atoms with van der Waals surface area (Å²) in [7, 11) is 0. The first-order valence-corrected chi connectivity index (χ1v) is 12.1. The molecular formula is C24H45N3O2. The third-order valence-electron chi connectivity index (χ3n) is 5.53. The highest BCUT2D eigenvalue weighted by Crippen LogP contribution is 2.13. The lowest BCUT2D eigenvalue weighted by Gasteiger charge is -2.10. The van der Waals surface area contributed by atoms with Crippen LogP contribution < -0.4 is 5.73 Å². The van der Waals surface area contributed by atoms with Crippen LogP contribution in [0.25, 0.3) is 0 Å². The summed E-state index contributed by atoms with van der Waals surface area (Å²) in [6.07, 6.45) is 25.2. The van der Waals surface area contributed by atoms with Gasteiger partial charge >= 0.3 is 5.97 Å². The minimum absolute atomic E-state index is 0.325. The number of ether oxygens (including phenoxy) is 1. The lowest BCUT2D eigenvalue weighted by Crippen LogP contribution is -2.34. The Hall–Kier alpha value is -1.36. The molecular weight excluding hydrogens is 362 g/mol. The summed E-state index contributed by atoms with van der Waals surface area (Å²) in [6.45, 7) is 2.76. The van der Waals surface area contributed by atoms with Gasteiger partial charge in [-0.2, -0.15) is 0 Å². The number of aromatic nitrogens is 2. The normalized spacial score (nSPS) is 12.2. The van der Waals surface area contributed by atoms with Crippen molar-refractivity contribution in [1.29, 1.82) is 0 Å². The monoisotopic (exact) mass is 407 g/mol. The molecule has 0 spiro atoms. The Bertz CT molecular complexity index is 476. The van der Waals surface area contributed by atoms with Gasteiger partial charge in [-0.05, 0) is 6.42 Å². The molecule has 0 radical (unpaired) electrons. The van der Waals surface area contributed by atoms with E-state index in [4.69, 9.17) is 10.5 Å². The zero-order valence-electron chi connectivity index (χ0n) is 18.8. The summed E-state index contributed by atoms with van der Waals surface area (Å²) in [6, 6.07) is -0.626. The van der Waals surface area contributed by atoms with Gasteiger partial charge in [-0.1, -0.05) is 103 Å². The van der Waals surface area contributed by atoms with Gasteiger partial charge in [0.15, 0.2) is 0 Å². The molecule has 1 aromatic heterocycles. The van der Waals surface area contributed by atoms with Crippen molar-refractivity contribution in [2.24, 2.45) is 5.73 Å². The quantitative estimate of drug-likeness (QED) is 0.203. The SMILES string of the molecule is CCCCCCCCCCCCCCCCCCOC(=O)C(N)Cc1c[nH]cn1. The Morgan fingerprint density at radius 1 is 0.897 bits per heavy atom. The molecule has 0 bridgehead atoms. The first-order chi connectivity index (χ1) is 14.2. The van der Waals surface area contributed by atoms with Gasteiger partial charge in [-0.15, -0.1) is 0 Å². The highest BCUT2D eigenvalue weighted by atomic mass is 16.5. The zero-order valence-corrected chi connectivity index (χ0v) is 18.8. The van der Waals surface area contributed by atoms with Crippen molar-refractivity contribution in [2.75, 3.05) is 6.61 Å². The molecule has 1 rings (SSSR count). The van der Waals surface area contributed by atoms with Crippen LogP contribution in [0.15, 0.2) is 12.5 Å². The number of nitrogens with two attached hydrogens (primary N) is 1. The van der Waals surface area contributed by atoms with E-state index < -0.39 is 6.04 Å². The molecule has 5 heteroatoms. The molecule has 0 aliphatic carbocycles. The van der Waals surface area contributed by atoms with E-state index in [0.717, 1.165) is 18.5 Å². The van der Waals surface area contributed by atoms with Crippen LogP contribution in [0.1, 0.15) is 115 Å². The van der Waals surface area contributed by atoms with E-state index in [0.29, 0.717) is 13.0 Å². The van der Waals surface area contributed by atoms with Gasteiger partial charge in [0.1, 0.15) is 6.04 Å². The fraction of sp³-hybridized carbons (Fsp3) is 0.833. The predicted octanol–water partition coefficient (Wildman–Crippen LogP) is 6.08. The van der Waals surface area contributed by atoms with Gasteiger partial charge in [0.25, 0.3) is 0 Å². The van der Waals surface area contributed by atoms with Crippen molar-refractivity contribution >= 4 is 5.97 Å². The third kappa shape index (κ3) is 15.2. The van der Waals surface area contributed by atoms with Crippen LogP contribution >= 0.6 is 0 Å². The minimum atomic E-state index is -0.626. The number of carbonyl (C=O) groups is 1. The molecule has 0 aliphatic rings. The number of nitrogens with zero attached hydrogens (tertiary/aromatic N) is 1. The van der Waals surface area contributed by atoms with Crippen molar-refractivity contribution in [3.8, 4) is 0 Å². The Morgan fingerprint density at radius 2 is 1.38 bits per heavy atom. The molecule has 0 aliphatic heterocycles. The van der Waals surface area contributed by atoms with Crippen LogP contribution in [0.3, 0.4) is 0 Å². The molecule has 0 aromatic carbocycles. The molecule has 0 saturated carbocycles. The Balaban J connectivity index is 1.77. The fourth-order valence-electron chi connectivity index (χ4n) is 3.64. The summed E-state index contributed by atoms with van der Waals surface area (Å²) in [4.78, 5) is 18.8. The molecule has 1 unspecified atom stereocenters. The highest BCUT2D eigenvalue weighted by Gasteiger charge is 2.16. The number of hydrogen-bond acceptors (Lipinski definition) is 4. The number of carbonyl (C=O) groups excluding carboxylic acids is 1. The molecule has 29 heavy (non-hydrogen) atoms. The number of H-pyrrole nitrogens is 1. The van der Waals surface area contributed by atoms with Crippen molar-refractivity contribution < 1.29 is 9.53 Å². The largest absolute Gasteiger partial charge is 0.465 e. The third-order valence-corrected chi connectivity index (χ3v) is 5.53. The van der Waals surface area contributed by atoms with Crippen LogP contribution in [0.4, 0.5) is 0 Å². The van der Waals surface area contributed by atoms with E-state index in [1.807, 2.05) is 0 Å². The fourth-order valence-corrected chi connectivity index (χ4v) is 3.64. The molecule has 0 fully saturated rings. The number of esters is 1. The number of unbranched alkanes of at least 4 members (excludes halogenated alkanes) is 15. The average molecular weight is 408 g/mol. The summed E-state index contributed by atoms with van der Waals surface area (Å²) >= 11 is 0. The number of rotatable bonds is 20. The van der Waals surface area contributed by atoms with E-state index in [-0.39, 0.29) is 5.97 Å². The lowest BCUT2D eigenvalue weighted by molar-refractivity contribution is -0.145. The maximum Gasteiger partial charge on any atom is 0.323 e. The molecule has 1 aromatic rings. The predicted molar refractivity (Wildman–Crippen MR) is 121 cm³/mol. The van der Waals surface area contributed by atoms with Crippen LogP contribution in [0.5, 0.6) is 0 Å². The van der Waals surface area contributed by atoms with Crippen LogP contribution in [-0.2, 0) is 16.0 Å². The zero-order chi connectivity index (χ0) is 21.0. The second-order valence-electron chi connectivity index (χ2n) is 8.34. The van der Waals surface area contributed by atoms with E-state index in [1.54, 1.807) is 12.5 Å². The van der Waals surface area contributed by atoms with Gasteiger partial charge in [-0.3, -0.25) is 4.79 Å². The molecule has 1 heterocycles. The summed E-state index contributed by atoms with van der Waals surface area (Å²) in [5, 5.41) is 0. The minimum Gasteiger partial charge on any atom is -0.465 e. The van der Waals surface area contributed by atoms with Crippen molar-refractivity contribution in [1.82, 2.24) is 9.97 Å². The maximum absolute atomic E-state index is 11.8. The molecule has 3 N–H and O–H groups in total. The van der Waals surface area contributed by atoms with E-state index >= 15 is 0 Å². The Morgan fingerprint density at radius 3 is 1.83 bits per heavy atom. The van der Waals surface area contributed by atoms with E-state index in [1.165, 1.54) is 89.9 Å².